The molecule has 0 unspecified atom stereocenters. The average molecular weight is 214 g/mol. The largest absolute Gasteiger partial charge is 0.481 e. The van der Waals surface area contributed by atoms with E-state index < -0.39 is 5.97 Å². The van der Waals surface area contributed by atoms with Crippen molar-refractivity contribution in [3.63, 3.8) is 0 Å². The van der Waals surface area contributed by atoms with E-state index in [0.717, 1.165) is 5.56 Å². The number of aliphatic carboxylic acids is 1. The first-order valence-corrected chi connectivity index (χ1v) is 4.73. The van der Waals surface area contributed by atoms with E-state index in [1.807, 2.05) is 0 Å². The molecule has 1 rings (SSSR count). The first kappa shape index (κ1) is 10.9. The SMILES string of the molecule is Nc1ccc(Cl)cc1CCCC(=O)O. The van der Waals surface area contributed by atoms with Crippen LogP contribution in [0.1, 0.15) is 18.4 Å². The van der Waals surface area contributed by atoms with Crippen molar-refractivity contribution in [3.8, 4) is 0 Å². The van der Waals surface area contributed by atoms with Crippen LogP contribution in [0.5, 0.6) is 0 Å². The molecule has 3 nitrogen and oxygen atoms in total. The highest BCUT2D eigenvalue weighted by molar-refractivity contribution is 6.30. The fraction of sp³-hybridized carbons (Fsp3) is 0.300. The second kappa shape index (κ2) is 4.86. The van der Waals surface area contributed by atoms with Gasteiger partial charge in [-0.3, -0.25) is 4.79 Å². The van der Waals surface area contributed by atoms with Gasteiger partial charge in [0.15, 0.2) is 0 Å². The summed E-state index contributed by atoms with van der Waals surface area (Å²) in [6, 6.07) is 5.23. The Hall–Kier alpha value is -1.22. The summed E-state index contributed by atoms with van der Waals surface area (Å²) in [5.41, 5.74) is 7.28. The Morgan fingerprint density at radius 3 is 2.86 bits per heavy atom. The molecular weight excluding hydrogens is 202 g/mol. The van der Waals surface area contributed by atoms with Crippen molar-refractivity contribution in [1.82, 2.24) is 0 Å². The minimum Gasteiger partial charge on any atom is -0.481 e. The molecule has 4 heteroatoms. The summed E-state index contributed by atoms with van der Waals surface area (Å²) in [6.07, 6.45) is 1.39. The third kappa shape index (κ3) is 3.26. The number of carboxylic acids is 1. The van der Waals surface area contributed by atoms with E-state index in [2.05, 4.69) is 0 Å². The first-order chi connectivity index (χ1) is 6.59. The van der Waals surface area contributed by atoms with E-state index >= 15 is 0 Å². The minimum atomic E-state index is -0.786. The maximum atomic E-state index is 10.3. The molecule has 1 aromatic carbocycles. The molecule has 0 atom stereocenters. The predicted octanol–water partition coefficient (Wildman–Crippen LogP) is 2.33. The van der Waals surface area contributed by atoms with E-state index in [-0.39, 0.29) is 6.42 Å². The van der Waals surface area contributed by atoms with Crippen molar-refractivity contribution in [1.29, 1.82) is 0 Å². The summed E-state index contributed by atoms with van der Waals surface area (Å²) < 4.78 is 0. The standard InChI is InChI=1S/C10H12ClNO2/c11-8-4-5-9(12)7(6-8)2-1-3-10(13)14/h4-6H,1-3,12H2,(H,13,14). The number of carbonyl (C=O) groups is 1. The zero-order valence-corrected chi connectivity index (χ0v) is 8.42. The molecule has 1 aromatic rings. The number of rotatable bonds is 4. The molecule has 0 amide bonds. The number of nitrogens with two attached hydrogens (primary N) is 1. The molecule has 0 radical (unpaired) electrons. The summed E-state index contributed by atoms with van der Waals surface area (Å²) in [4.78, 5) is 10.3. The second-order valence-electron chi connectivity index (χ2n) is 3.09. The smallest absolute Gasteiger partial charge is 0.303 e. The number of anilines is 1. The Bertz CT molecular complexity index is 339. The fourth-order valence-electron chi connectivity index (χ4n) is 1.22. The number of benzene rings is 1. The Morgan fingerprint density at radius 1 is 1.50 bits per heavy atom. The molecule has 0 aliphatic rings. The van der Waals surface area contributed by atoms with Crippen LogP contribution in [0.15, 0.2) is 18.2 Å². The van der Waals surface area contributed by atoms with Gasteiger partial charge in [0.1, 0.15) is 0 Å². The van der Waals surface area contributed by atoms with E-state index in [9.17, 15) is 4.79 Å². The van der Waals surface area contributed by atoms with Crippen LogP contribution in [0.3, 0.4) is 0 Å². The zero-order chi connectivity index (χ0) is 10.6. The second-order valence-corrected chi connectivity index (χ2v) is 3.53. The zero-order valence-electron chi connectivity index (χ0n) is 7.66. The molecule has 0 spiro atoms. The minimum absolute atomic E-state index is 0.159. The number of halogens is 1. The van der Waals surface area contributed by atoms with Gasteiger partial charge in [-0.2, -0.15) is 0 Å². The van der Waals surface area contributed by atoms with Gasteiger partial charge in [-0.15, -0.1) is 0 Å². The van der Waals surface area contributed by atoms with Crippen molar-refractivity contribution < 1.29 is 9.90 Å². The Kier molecular flexibility index (Phi) is 3.77. The van der Waals surface area contributed by atoms with Crippen LogP contribution in [0.2, 0.25) is 5.02 Å². The maximum Gasteiger partial charge on any atom is 0.303 e. The van der Waals surface area contributed by atoms with Gasteiger partial charge in [0.2, 0.25) is 0 Å². The summed E-state index contributed by atoms with van der Waals surface area (Å²) in [6.45, 7) is 0. The van der Waals surface area contributed by atoms with Crippen molar-refractivity contribution in [2.45, 2.75) is 19.3 Å². The lowest BCUT2D eigenvalue weighted by Gasteiger charge is -2.04. The third-order valence-electron chi connectivity index (χ3n) is 1.94. The quantitative estimate of drug-likeness (QED) is 0.755. The number of carboxylic acid groups (broad SMARTS) is 1. The molecule has 0 fully saturated rings. The number of nitrogen functional groups attached to an aromatic ring is 1. The normalized spacial score (nSPS) is 10.1. The first-order valence-electron chi connectivity index (χ1n) is 4.35. The van der Waals surface area contributed by atoms with Gasteiger partial charge in [0.05, 0.1) is 0 Å². The van der Waals surface area contributed by atoms with Crippen LogP contribution in [-0.4, -0.2) is 11.1 Å². The van der Waals surface area contributed by atoms with Crippen LogP contribution >= 0.6 is 11.6 Å². The molecule has 0 aliphatic heterocycles. The van der Waals surface area contributed by atoms with Crippen LogP contribution in [0.25, 0.3) is 0 Å². The van der Waals surface area contributed by atoms with Gasteiger partial charge in [-0.1, -0.05) is 11.6 Å². The van der Waals surface area contributed by atoms with Crippen molar-refractivity contribution in [3.05, 3.63) is 28.8 Å². The molecule has 0 saturated carbocycles. The Morgan fingerprint density at radius 2 is 2.21 bits per heavy atom. The summed E-state index contributed by atoms with van der Waals surface area (Å²) in [5.74, 6) is -0.786. The highest BCUT2D eigenvalue weighted by Crippen LogP contribution is 2.19. The third-order valence-corrected chi connectivity index (χ3v) is 2.18. The Balaban J connectivity index is 2.57. The van der Waals surface area contributed by atoms with E-state index in [0.29, 0.717) is 23.6 Å². The van der Waals surface area contributed by atoms with E-state index in [1.165, 1.54) is 0 Å². The summed E-state index contributed by atoms with van der Waals surface area (Å²) >= 11 is 5.79. The van der Waals surface area contributed by atoms with Crippen LogP contribution in [0, 0.1) is 0 Å². The van der Waals surface area contributed by atoms with Gasteiger partial charge in [-0.25, -0.2) is 0 Å². The lowest BCUT2D eigenvalue weighted by molar-refractivity contribution is -0.137. The van der Waals surface area contributed by atoms with Crippen molar-refractivity contribution in [2.75, 3.05) is 5.73 Å². The maximum absolute atomic E-state index is 10.3. The predicted molar refractivity (Wildman–Crippen MR) is 56.4 cm³/mol. The molecule has 0 saturated heterocycles. The van der Waals surface area contributed by atoms with Crippen molar-refractivity contribution in [2.24, 2.45) is 0 Å². The summed E-state index contributed by atoms with van der Waals surface area (Å²) in [7, 11) is 0. The number of hydrogen-bond acceptors (Lipinski definition) is 2. The van der Waals surface area contributed by atoms with E-state index in [1.54, 1.807) is 18.2 Å². The monoisotopic (exact) mass is 213 g/mol. The molecule has 0 heterocycles. The lowest BCUT2D eigenvalue weighted by atomic mass is 10.1. The van der Waals surface area contributed by atoms with Gasteiger partial charge in [0.25, 0.3) is 0 Å². The highest BCUT2D eigenvalue weighted by atomic mass is 35.5. The van der Waals surface area contributed by atoms with Gasteiger partial charge in [-0.05, 0) is 36.6 Å². The van der Waals surface area contributed by atoms with E-state index in [4.69, 9.17) is 22.4 Å². The van der Waals surface area contributed by atoms with Crippen molar-refractivity contribution >= 4 is 23.3 Å². The molecule has 0 aromatic heterocycles. The highest BCUT2D eigenvalue weighted by Gasteiger charge is 2.02. The molecular formula is C10H12ClNO2. The van der Waals surface area contributed by atoms with Crippen LogP contribution < -0.4 is 5.73 Å². The average Bonchev–Trinajstić information content (AvgIpc) is 2.10. The molecule has 14 heavy (non-hydrogen) atoms. The molecule has 3 N–H and O–H groups in total. The Labute approximate surface area is 87.5 Å². The molecule has 76 valence electrons. The number of aryl methyl sites for hydroxylation is 1. The van der Waals surface area contributed by atoms with Gasteiger partial charge in [0, 0.05) is 17.1 Å². The fourth-order valence-corrected chi connectivity index (χ4v) is 1.42. The molecule has 0 aliphatic carbocycles. The number of hydrogen-bond donors (Lipinski definition) is 2. The van der Waals surface area contributed by atoms with Gasteiger partial charge < -0.3 is 10.8 Å². The van der Waals surface area contributed by atoms with Crippen LogP contribution in [-0.2, 0) is 11.2 Å². The van der Waals surface area contributed by atoms with Gasteiger partial charge >= 0.3 is 5.97 Å². The summed E-state index contributed by atoms with van der Waals surface area (Å²) in [5, 5.41) is 9.09. The lowest BCUT2D eigenvalue weighted by Crippen LogP contribution is -1.98. The van der Waals surface area contributed by atoms with Crippen LogP contribution in [0.4, 0.5) is 5.69 Å². The molecule has 0 bridgehead atoms. The topological polar surface area (TPSA) is 63.3 Å².